The third kappa shape index (κ3) is 3.16. The van der Waals surface area contributed by atoms with Crippen LogP contribution in [0.3, 0.4) is 0 Å². The molecule has 0 atom stereocenters. The van der Waals surface area contributed by atoms with Gasteiger partial charge in [0.2, 0.25) is 12.7 Å². The number of thiazole rings is 1. The molecule has 0 spiro atoms. The Bertz CT molecular complexity index is 1040. The summed E-state index contributed by atoms with van der Waals surface area (Å²) in [6, 6.07) is 5.60. The maximum Gasteiger partial charge on any atom is 0.293 e. The first-order valence-electron chi connectivity index (χ1n) is 7.76. The summed E-state index contributed by atoms with van der Waals surface area (Å²) in [4.78, 5) is 32.4. The summed E-state index contributed by atoms with van der Waals surface area (Å²) in [5, 5.41) is 5.12. The van der Waals surface area contributed by atoms with Crippen LogP contribution in [0, 0.1) is 0 Å². The summed E-state index contributed by atoms with van der Waals surface area (Å²) in [6.07, 6.45) is 3.04. The number of nitrogens with one attached hydrogen (secondary N) is 1. The van der Waals surface area contributed by atoms with Gasteiger partial charge in [0.25, 0.3) is 5.56 Å². The van der Waals surface area contributed by atoms with Crippen molar-refractivity contribution < 1.29 is 14.3 Å². The lowest BCUT2D eigenvalue weighted by Crippen LogP contribution is -2.26. The van der Waals surface area contributed by atoms with E-state index in [4.69, 9.17) is 9.47 Å². The molecule has 4 rings (SSSR count). The van der Waals surface area contributed by atoms with E-state index >= 15 is 0 Å². The molecule has 2 aromatic heterocycles. The van der Waals surface area contributed by atoms with E-state index < -0.39 is 0 Å². The van der Waals surface area contributed by atoms with E-state index in [0.29, 0.717) is 17.2 Å². The number of aromatic nitrogens is 3. The van der Waals surface area contributed by atoms with Gasteiger partial charge in [-0.05, 0) is 18.2 Å². The summed E-state index contributed by atoms with van der Waals surface area (Å²) < 4.78 is 12.0. The van der Waals surface area contributed by atoms with Crippen molar-refractivity contribution in [2.45, 2.75) is 6.42 Å². The first-order valence-corrected chi connectivity index (χ1v) is 8.64. The van der Waals surface area contributed by atoms with Crippen molar-refractivity contribution in [3.63, 3.8) is 0 Å². The number of nitrogens with zero attached hydrogens (tertiary/aromatic N) is 3. The van der Waals surface area contributed by atoms with Gasteiger partial charge in [0.1, 0.15) is 5.01 Å². The van der Waals surface area contributed by atoms with Crippen LogP contribution in [0.15, 0.2) is 40.8 Å². The Hall–Kier alpha value is -3.20. The second-order valence-electron chi connectivity index (χ2n) is 5.63. The van der Waals surface area contributed by atoms with Crippen molar-refractivity contribution in [1.29, 1.82) is 0 Å². The van der Waals surface area contributed by atoms with Gasteiger partial charge in [-0.25, -0.2) is 9.97 Å². The van der Waals surface area contributed by atoms with Gasteiger partial charge in [-0.1, -0.05) is 0 Å². The average Bonchev–Trinajstić information content (AvgIpc) is 3.27. The summed E-state index contributed by atoms with van der Waals surface area (Å²) in [7, 11) is 1.59. The van der Waals surface area contributed by atoms with Crippen LogP contribution in [0.4, 0.5) is 5.82 Å². The largest absolute Gasteiger partial charge is 0.454 e. The van der Waals surface area contributed by atoms with Crippen molar-refractivity contribution in [2.75, 3.05) is 12.1 Å². The molecule has 0 unspecified atom stereocenters. The highest BCUT2D eigenvalue weighted by molar-refractivity contribution is 7.13. The van der Waals surface area contributed by atoms with Gasteiger partial charge in [-0.3, -0.25) is 9.59 Å². The molecule has 0 radical (unpaired) electrons. The summed E-state index contributed by atoms with van der Waals surface area (Å²) in [5.41, 5.74) is 1.15. The third-order valence-electron chi connectivity index (χ3n) is 3.79. The van der Waals surface area contributed by atoms with Crippen LogP contribution in [-0.2, 0) is 18.3 Å². The number of fused-ring (bicyclic) bond motifs is 1. The fourth-order valence-electron chi connectivity index (χ4n) is 2.47. The van der Waals surface area contributed by atoms with Crippen LogP contribution in [0.25, 0.3) is 10.6 Å². The lowest BCUT2D eigenvalue weighted by Gasteiger charge is -2.03. The predicted octanol–water partition coefficient (Wildman–Crippen LogP) is 1.81. The van der Waals surface area contributed by atoms with Gasteiger partial charge in [0.15, 0.2) is 17.3 Å². The van der Waals surface area contributed by atoms with Crippen LogP contribution < -0.4 is 20.3 Å². The van der Waals surface area contributed by atoms with Crippen LogP contribution in [0.2, 0.25) is 0 Å². The number of anilines is 1. The Labute approximate surface area is 152 Å². The van der Waals surface area contributed by atoms with Crippen LogP contribution in [-0.4, -0.2) is 27.2 Å². The first kappa shape index (κ1) is 16.3. The fraction of sp³-hybridized carbons (Fsp3) is 0.176. The van der Waals surface area contributed by atoms with Crippen molar-refractivity contribution in [2.24, 2.45) is 7.05 Å². The van der Waals surface area contributed by atoms with E-state index in [9.17, 15) is 9.59 Å². The lowest BCUT2D eigenvalue weighted by atomic mass is 10.2. The molecule has 8 nitrogen and oxygen atoms in total. The molecular weight excluding hydrogens is 356 g/mol. The number of ether oxygens (including phenoxy) is 2. The maximum absolute atomic E-state index is 12.2. The van der Waals surface area contributed by atoms with Crippen LogP contribution in [0.5, 0.6) is 11.5 Å². The normalized spacial score (nSPS) is 12.2. The molecule has 1 aliphatic heterocycles. The molecule has 3 heterocycles. The minimum atomic E-state index is -0.361. The van der Waals surface area contributed by atoms with Crippen molar-refractivity contribution in [3.05, 3.63) is 52.0 Å². The van der Waals surface area contributed by atoms with Gasteiger partial charge < -0.3 is 19.4 Å². The Morgan fingerprint density at radius 2 is 2.19 bits per heavy atom. The molecule has 1 amide bonds. The molecule has 1 N–H and O–H groups in total. The van der Waals surface area contributed by atoms with Crippen LogP contribution in [0.1, 0.15) is 5.69 Å². The number of hydrogen-bond acceptors (Lipinski definition) is 7. The molecule has 132 valence electrons. The molecule has 0 saturated heterocycles. The Balaban J connectivity index is 1.47. The van der Waals surface area contributed by atoms with E-state index in [-0.39, 0.29) is 30.5 Å². The zero-order chi connectivity index (χ0) is 18.1. The first-order chi connectivity index (χ1) is 12.6. The van der Waals surface area contributed by atoms with Crippen molar-refractivity contribution in [3.8, 4) is 22.1 Å². The summed E-state index contributed by atoms with van der Waals surface area (Å²) >= 11 is 1.43. The smallest absolute Gasteiger partial charge is 0.293 e. The Morgan fingerprint density at radius 1 is 1.35 bits per heavy atom. The SMILES string of the molecule is Cn1ccnc(NC(=O)Cc2csc(-c3ccc4c(c3)OCO4)n2)c1=O. The monoisotopic (exact) mass is 370 g/mol. The molecule has 0 fully saturated rings. The number of carbonyl (C=O) groups excluding carboxylic acids is 1. The molecule has 0 saturated carbocycles. The van der Waals surface area contributed by atoms with Gasteiger partial charge in [-0.15, -0.1) is 11.3 Å². The number of hydrogen-bond donors (Lipinski definition) is 1. The zero-order valence-electron chi connectivity index (χ0n) is 13.8. The van der Waals surface area contributed by atoms with Gasteiger partial charge in [-0.2, -0.15) is 0 Å². The standard InChI is InChI=1S/C17H14N4O4S/c1-21-5-4-18-15(17(21)23)20-14(22)7-11-8-26-16(19-11)10-2-3-12-13(6-10)25-9-24-12/h2-6,8H,7,9H2,1H3,(H,18,20,22). The second kappa shape index (κ2) is 6.60. The molecular formula is C17H14N4O4S. The molecule has 1 aliphatic rings. The summed E-state index contributed by atoms with van der Waals surface area (Å²) in [5.74, 6) is 1.05. The molecule has 0 aliphatic carbocycles. The third-order valence-corrected chi connectivity index (χ3v) is 4.73. The Morgan fingerprint density at radius 3 is 3.08 bits per heavy atom. The van der Waals surface area contributed by atoms with Gasteiger partial charge in [0, 0.05) is 30.4 Å². The van der Waals surface area contributed by atoms with Crippen molar-refractivity contribution >= 4 is 23.1 Å². The topological polar surface area (TPSA) is 95.3 Å². The molecule has 1 aromatic carbocycles. The van der Waals surface area contributed by atoms with E-state index in [1.165, 1.54) is 28.3 Å². The lowest BCUT2D eigenvalue weighted by molar-refractivity contribution is -0.115. The molecule has 3 aromatic rings. The quantitative estimate of drug-likeness (QED) is 0.753. The highest BCUT2D eigenvalue weighted by Gasteiger charge is 2.16. The molecule has 0 bridgehead atoms. The molecule has 9 heteroatoms. The number of carbonyl (C=O) groups is 1. The fourth-order valence-corrected chi connectivity index (χ4v) is 3.29. The van der Waals surface area contributed by atoms with Crippen molar-refractivity contribution in [1.82, 2.24) is 14.5 Å². The second-order valence-corrected chi connectivity index (χ2v) is 6.49. The number of aryl methyl sites for hydroxylation is 1. The predicted molar refractivity (Wildman–Crippen MR) is 95.5 cm³/mol. The average molecular weight is 370 g/mol. The van der Waals surface area contributed by atoms with Gasteiger partial charge >= 0.3 is 0 Å². The van der Waals surface area contributed by atoms with E-state index in [1.54, 1.807) is 7.05 Å². The highest BCUT2D eigenvalue weighted by atomic mass is 32.1. The maximum atomic E-state index is 12.2. The van der Waals surface area contributed by atoms with Gasteiger partial charge in [0.05, 0.1) is 12.1 Å². The van der Waals surface area contributed by atoms with E-state index in [2.05, 4.69) is 15.3 Å². The summed E-state index contributed by atoms with van der Waals surface area (Å²) in [6.45, 7) is 0.217. The Kier molecular flexibility index (Phi) is 4.13. The number of rotatable bonds is 4. The van der Waals surface area contributed by atoms with E-state index in [0.717, 1.165) is 10.6 Å². The zero-order valence-corrected chi connectivity index (χ0v) is 14.6. The highest BCUT2D eigenvalue weighted by Crippen LogP contribution is 2.36. The van der Waals surface area contributed by atoms with E-state index in [1.807, 2.05) is 23.6 Å². The number of amides is 1. The minimum absolute atomic E-state index is 0.00576. The minimum Gasteiger partial charge on any atom is -0.454 e. The number of benzene rings is 1. The van der Waals surface area contributed by atoms with Crippen LogP contribution >= 0.6 is 11.3 Å². The molecule has 26 heavy (non-hydrogen) atoms.